The first kappa shape index (κ1) is 22.9. The van der Waals surface area contributed by atoms with Gasteiger partial charge in [0.25, 0.3) is 0 Å². The van der Waals surface area contributed by atoms with Gasteiger partial charge in [-0.25, -0.2) is 4.39 Å². The van der Waals surface area contributed by atoms with Crippen LogP contribution in [0.5, 0.6) is 5.75 Å². The number of anilines is 1. The SMILES string of the molecule is CCC(c1ccc(CC2c3ccc(O)cc3CCN2c2ccc(F)cc2)cc1)N1CCCCC1. The summed E-state index contributed by atoms with van der Waals surface area (Å²) in [5.41, 5.74) is 6.21. The lowest BCUT2D eigenvalue weighted by Gasteiger charge is -2.39. The molecule has 3 aromatic carbocycles. The lowest BCUT2D eigenvalue weighted by atomic mass is 9.87. The van der Waals surface area contributed by atoms with Crippen LogP contribution >= 0.6 is 0 Å². The highest BCUT2D eigenvalue weighted by Crippen LogP contribution is 2.38. The van der Waals surface area contributed by atoms with E-state index in [2.05, 4.69) is 47.1 Å². The molecule has 34 heavy (non-hydrogen) atoms. The molecule has 178 valence electrons. The minimum atomic E-state index is -0.211. The molecule has 0 radical (unpaired) electrons. The Labute approximate surface area is 202 Å². The molecule has 2 unspecified atom stereocenters. The molecule has 2 heterocycles. The number of likely N-dealkylation sites (tertiary alicyclic amines) is 1. The van der Waals surface area contributed by atoms with Crippen LogP contribution in [0.3, 0.4) is 0 Å². The molecule has 0 aliphatic carbocycles. The lowest BCUT2D eigenvalue weighted by molar-refractivity contribution is 0.159. The zero-order chi connectivity index (χ0) is 23.5. The lowest BCUT2D eigenvalue weighted by Crippen LogP contribution is -2.36. The molecule has 4 heteroatoms. The van der Waals surface area contributed by atoms with Crippen molar-refractivity contribution in [2.75, 3.05) is 24.5 Å². The number of rotatable bonds is 6. The number of halogens is 1. The highest BCUT2D eigenvalue weighted by molar-refractivity contribution is 5.53. The number of nitrogens with zero attached hydrogens (tertiary/aromatic N) is 2. The van der Waals surface area contributed by atoms with Gasteiger partial charge in [-0.05, 0) is 104 Å². The zero-order valence-electron chi connectivity index (χ0n) is 20.1. The minimum absolute atomic E-state index is 0.143. The summed E-state index contributed by atoms with van der Waals surface area (Å²) in [7, 11) is 0. The Bertz CT molecular complexity index is 1090. The van der Waals surface area contributed by atoms with E-state index in [4.69, 9.17) is 0 Å². The number of phenolic OH excluding ortho intramolecular Hbond substituents is 1. The smallest absolute Gasteiger partial charge is 0.123 e. The van der Waals surface area contributed by atoms with E-state index in [0.717, 1.165) is 31.5 Å². The topological polar surface area (TPSA) is 26.7 Å². The van der Waals surface area contributed by atoms with Gasteiger partial charge in [0.05, 0.1) is 6.04 Å². The van der Waals surface area contributed by atoms with Crippen molar-refractivity contribution in [1.82, 2.24) is 4.90 Å². The van der Waals surface area contributed by atoms with E-state index in [0.29, 0.717) is 11.8 Å². The van der Waals surface area contributed by atoms with Crippen LogP contribution in [0.1, 0.15) is 66.9 Å². The summed E-state index contributed by atoms with van der Waals surface area (Å²) >= 11 is 0. The first-order valence-electron chi connectivity index (χ1n) is 12.8. The van der Waals surface area contributed by atoms with Crippen LogP contribution in [0.25, 0.3) is 0 Å². The molecule has 0 spiro atoms. The first-order chi connectivity index (χ1) is 16.6. The Morgan fingerprint density at radius 1 is 0.912 bits per heavy atom. The molecule has 2 aliphatic rings. The highest BCUT2D eigenvalue weighted by atomic mass is 19.1. The minimum Gasteiger partial charge on any atom is -0.508 e. The van der Waals surface area contributed by atoms with E-state index in [1.165, 1.54) is 54.6 Å². The quantitative estimate of drug-likeness (QED) is 0.439. The molecule has 2 aliphatic heterocycles. The summed E-state index contributed by atoms with van der Waals surface area (Å²) in [4.78, 5) is 5.04. The van der Waals surface area contributed by atoms with Gasteiger partial charge in [-0.3, -0.25) is 4.90 Å². The number of fused-ring (bicyclic) bond motifs is 1. The molecule has 0 aromatic heterocycles. The van der Waals surface area contributed by atoms with E-state index in [9.17, 15) is 9.50 Å². The molecule has 3 nitrogen and oxygen atoms in total. The van der Waals surface area contributed by atoms with Gasteiger partial charge in [-0.15, -0.1) is 0 Å². The third-order valence-electron chi connectivity index (χ3n) is 7.65. The second kappa shape index (κ2) is 10.2. The number of hydrogen-bond acceptors (Lipinski definition) is 3. The van der Waals surface area contributed by atoms with E-state index < -0.39 is 0 Å². The zero-order valence-corrected chi connectivity index (χ0v) is 20.1. The van der Waals surface area contributed by atoms with Gasteiger partial charge in [0.15, 0.2) is 0 Å². The van der Waals surface area contributed by atoms with Crippen LogP contribution in [0.2, 0.25) is 0 Å². The predicted molar refractivity (Wildman–Crippen MR) is 137 cm³/mol. The van der Waals surface area contributed by atoms with Gasteiger partial charge in [0.1, 0.15) is 11.6 Å². The fraction of sp³-hybridized carbons (Fsp3) is 0.400. The maximum atomic E-state index is 13.6. The summed E-state index contributed by atoms with van der Waals surface area (Å²) < 4.78 is 13.6. The summed E-state index contributed by atoms with van der Waals surface area (Å²) in [5.74, 6) is 0.109. The van der Waals surface area contributed by atoms with Gasteiger partial charge in [0.2, 0.25) is 0 Å². The number of benzene rings is 3. The van der Waals surface area contributed by atoms with E-state index >= 15 is 0 Å². The molecular formula is C30H35FN2O. The average molecular weight is 459 g/mol. The number of phenols is 1. The van der Waals surface area contributed by atoms with Crippen LogP contribution < -0.4 is 4.90 Å². The molecule has 2 atom stereocenters. The number of aromatic hydroxyl groups is 1. The molecule has 0 amide bonds. The fourth-order valence-electron chi connectivity index (χ4n) is 5.89. The van der Waals surface area contributed by atoms with Crippen molar-refractivity contribution in [3.05, 3.63) is 94.8 Å². The Morgan fingerprint density at radius 2 is 1.65 bits per heavy atom. The van der Waals surface area contributed by atoms with Crippen LogP contribution in [0, 0.1) is 5.82 Å². The summed E-state index contributed by atoms with van der Waals surface area (Å²) in [5, 5.41) is 10.0. The van der Waals surface area contributed by atoms with Crippen LogP contribution in [0.15, 0.2) is 66.7 Å². The molecule has 1 saturated heterocycles. The summed E-state index contributed by atoms with van der Waals surface area (Å²) in [6.45, 7) is 5.55. The van der Waals surface area contributed by atoms with Crippen molar-refractivity contribution in [1.29, 1.82) is 0 Å². The van der Waals surface area contributed by atoms with Gasteiger partial charge in [-0.2, -0.15) is 0 Å². The Balaban J connectivity index is 1.41. The number of piperidine rings is 1. The third-order valence-corrected chi connectivity index (χ3v) is 7.65. The van der Waals surface area contributed by atoms with E-state index in [1.54, 1.807) is 18.2 Å². The van der Waals surface area contributed by atoms with Crippen molar-refractivity contribution in [2.24, 2.45) is 0 Å². The third kappa shape index (κ3) is 4.83. The van der Waals surface area contributed by atoms with Crippen LogP contribution in [-0.4, -0.2) is 29.6 Å². The largest absolute Gasteiger partial charge is 0.508 e. The second-order valence-corrected chi connectivity index (χ2v) is 9.79. The predicted octanol–water partition coefficient (Wildman–Crippen LogP) is 6.81. The van der Waals surface area contributed by atoms with Crippen LogP contribution in [0.4, 0.5) is 10.1 Å². The maximum absolute atomic E-state index is 13.6. The van der Waals surface area contributed by atoms with Gasteiger partial charge in [0, 0.05) is 18.3 Å². The molecule has 1 fully saturated rings. The van der Waals surface area contributed by atoms with Crippen molar-refractivity contribution >= 4 is 5.69 Å². The van der Waals surface area contributed by atoms with Gasteiger partial charge >= 0.3 is 0 Å². The van der Waals surface area contributed by atoms with Crippen molar-refractivity contribution < 1.29 is 9.50 Å². The van der Waals surface area contributed by atoms with Crippen molar-refractivity contribution in [3.8, 4) is 5.75 Å². The van der Waals surface area contributed by atoms with Crippen LogP contribution in [-0.2, 0) is 12.8 Å². The summed E-state index contributed by atoms with van der Waals surface area (Å²) in [6.07, 6.45) is 6.85. The molecule has 5 rings (SSSR count). The standard InChI is InChI=1S/C30H35FN2O/c1-2-29(32-17-4-3-5-18-32)23-8-6-22(7-9-23)20-30-28-15-14-27(34)21-24(28)16-19-33(30)26-12-10-25(31)11-13-26/h6-15,21,29-30,34H,2-5,16-20H2,1H3. The number of hydrogen-bond donors (Lipinski definition) is 1. The highest BCUT2D eigenvalue weighted by Gasteiger charge is 2.28. The average Bonchev–Trinajstić information content (AvgIpc) is 2.87. The molecule has 0 saturated carbocycles. The Kier molecular flexibility index (Phi) is 6.87. The Morgan fingerprint density at radius 3 is 2.35 bits per heavy atom. The van der Waals surface area contributed by atoms with Crippen molar-refractivity contribution in [2.45, 2.75) is 57.5 Å². The second-order valence-electron chi connectivity index (χ2n) is 9.79. The van der Waals surface area contributed by atoms with Crippen molar-refractivity contribution in [3.63, 3.8) is 0 Å². The van der Waals surface area contributed by atoms with Gasteiger partial charge < -0.3 is 10.0 Å². The molecule has 0 bridgehead atoms. The van der Waals surface area contributed by atoms with E-state index in [-0.39, 0.29) is 11.9 Å². The monoisotopic (exact) mass is 458 g/mol. The maximum Gasteiger partial charge on any atom is 0.123 e. The first-order valence-corrected chi connectivity index (χ1v) is 12.8. The molecular weight excluding hydrogens is 423 g/mol. The Hall–Kier alpha value is -2.85. The van der Waals surface area contributed by atoms with E-state index in [1.807, 2.05) is 18.2 Å². The normalized spacial score (nSPS) is 19.6. The fourth-order valence-corrected chi connectivity index (χ4v) is 5.89. The van der Waals surface area contributed by atoms with Gasteiger partial charge in [-0.1, -0.05) is 43.7 Å². The molecule has 3 aromatic rings. The molecule has 1 N–H and O–H groups in total. The summed E-state index contributed by atoms with van der Waals surface area (Å²) in [6, 6.07) is 22.4.